The molecule has 5 heteroatoms. The van der Waals surface area contributed by atoms with E-state index in [-0.39, 0.29) is 0 Å². The van der Waals surface area contributed by atoms with Crippen LogP contribution in [0.25, 0.3) is 111 Å². The average molecular weight is 859 g/mol. The molecular formula is C61H38N4S. The number of rotatable bonds is 7. The molecule has 0 fully saturated rings. The van der Waals surface area contributed by atoms with Crippen LogP contribution in [0.1, 0.15) is 17.5 Å². The second-order valence-corrected chi connectivity index (χ2v) is 18.0. The molecule has 13 rings (SSSR count). The van der Waals surface area contributed by atoms with Crippen LogP contribution in [0.2, 0.25) is 0 Å². The molecule has 308 valence electrons. The van der Waals surface area contributed by atoms with Crippen LogP contribution in [0.5, 0.6) is 0 Å². The third-order valence-electron chi connectivity index (χ3n) is 12.9. The number of thioether (sulfide) groups is 1. The molecule has 0 unspecified atom stereocenters. The van der Waals surface area contributed by atoms with Gasteiger partial charge in [0.1, 0.15) is 0 Å². The van der Waals surface area contributed by atoms with Crippen LogP contribution in [0.4, 0.5) is 0 Å². The van der Waals surface area contributed by atoms with E-state index in [9.17, 15) is 0 Å². The van der Waals surface area contributed by atoms with E-state index in [2.05, 4.69) is 211 Å². The van der Waals surface area contributed by atoms with E-state index in [0.29, 0.717) is 17.6 Å². The molecule has 0 saturated heterocycles. The monoisotopic (exact) mass is 858 g/mol. The Morgan fingerprint density at radius 1 is 0.470 bits per heavy atom. The standard InChI is InChI=1S/C61H38N4S/c1-5-17-39(18-6-1)44-33-45(40-19-7-2-8-20-40)36-48(35-44)59-62-60(49-37-46(41-21-9-3-10-22-41)34-47(38-49)42-23-11-4-12-24-42)64-61(63-59)65-54-29-14-13-27-50(54)52-31-32-53-51-28-15-25-43-26-16-30-55(56(43)51)66-58(53)57(52)65/h1-11,13-15,17-23,25,27-38H,16,26H2. The maximum absolute atomic E-state index is 5.57. The van der Waals surface area contributed by atoms with Gasteiger partial charge in [0, 0.05) is 37.3 Å². The highest BCUT2D eigenvalue weighted by molar-refractivity contribution is 8.08. The summed E-state index contributed by atoms with van der Waals surface area (Å²) in [4.78, 5) is 19.1. The van der Waals surface area contributed by atoms with E-state index in [1.54, 1.807) is 0 Å². The van der Waals surface area contributed by atoms with Gasteiger partial charge in [0.2, 0.25) is 5.95 Å². The van der Waals surface area contributed by atoms with Crippen molar-refractivity contribution in [3.05, 3.63) is 230 Å². The molecule has 4 nitrogen and oxygen atoms in total. The third kappa shape index (κ3) is 6.53. The molecule has 2 aromatic heterocycles. The van der Waals surface area contributed by atoms with Crippen molar-refractivity contribution in [1.82, 2.24) is 19.5 Å². The van der Waals surface area contributed by atoms with E-state index in [4.69, 9.17) is 15.0 Å². The van der Waals surface area contributed by atoms with Crippen molar-refractivity contribution >= 4 is 38.5 Å². The summed E-state index contributed by atoms with van der Waals surface area (Å²) in [6.45, 7) is 0. The van der Waals surface area contributed by atoms with Gasteiger partial charge in [0.25, 0.3) is 0 Å². The minimum Gasteiger partial charge on any atom is -0.277 e. The zero-order chi connectivity index (χ0) is 43.6. The molecule has 11 aromatic rings. The molecule has 66 heavy (non-hydrogen) atoms. The van der Waals surface area contributed by atoms with Crippen LogP contribution in [-0.2, 0) is 6.42 Å². The summed E-state index contributed by atoms with van der Waals surface area (Å²) < 4.78 is 2.30. The molecule has 2 aliphatic rings. The number of fused-ring (bicyclic) bond motifs is 6. The summed E-state index contributed by atoms with van der Waals surface area (Å²) in [7, 11) is 0. The molecule has 0 atom stereocenters. The van der Waals surface area contributed by atoms with Crippen LogP contribution < -0.4 is 0 Å². The van der Waals surface area contributed by atoms with E-state index < -0.39 is 0 Å². The highest BCUT2D eigenvalue weighted by Crippen LogP contribution is 2.55. The number of benzene rings is 8. The molecule has 0 radical (unpaired) electrons. The lowest BCUT2D eigenvalue weighted by Crippen LogP contribution is -2.09. The van der Waals surface area contributed by atoms with Gasteiger partial charge in [-0.25, -0.2) is 4.98 Å². The van der Waals surface area contributed by atoms with Gasteiger partial charge in [0.15, 0.2) is 11.6 Å². The number of nitrogens with zero attached hydrogens (tertiary/aromatic N) is 4. The topological polar surface area (TPSA) is 43.6 Å². The summed E-state index contributed by atoms with van der Waals surface area (Å²) >= 11 is 1.88. The Morgan fingerprint density at radius 3 is 1.73 bits per heavy atom. The van der Waals surface area contributed by atoms with Crippen molar-refractivity contribution in [3.8, 4) is 84.4 Å². The first kappa shape index (κ1) is 38.2. The molecule has 0 spiro atoms. The molecule has 1 aliphatic heterocycles. The summed E-state index contributed by atoms with van der Waals surface area (Å²) in [5.74, 6) is 1.73. The van der Waals surface area contributed by atoms with Gasteiger partial charge in [-0.1, -0.05) is 176 Å². The number of aryl methyl sites for hydroxylation is 1. The minimum atomic E-state index is 0.560. The first-order valence-electron chi connectivity index (χ1n) is 22.4. The molecule has 0 N–H and O–H groups in total. The predicted octanol–water partition coefficient (Wildman–Crippen LogP) is 15.6. The van der Waals surface area contributed by atoms with Crippen LogP contribution in [0, 0.1) is 12.1 Å². The van der Waals surface area contributed by atoms with Crippen molar-refractivity contribution in [3.63, 3.8) is 0 Å². The zero-order valence-electron chi connectivity index (χ0n) is 35.7. The highest BCUT2D eigenvalue weighted by atomic mass is 32.2. The Kier molecular flexibility index (Phi) is 9.11. The van der Waals surface area contributed by atoms with Crippen molar-refractivity contribution < 1.29 is 0 Å². The SMILES string of the molecule is c1cccc(-c2cc(-c3ccccc3)cc(-c3nc(-c4cc(-c5ccccc5)cc(-c5ccccc5)c4)nc(-n4c5ccccc5c5ccc6c(c54)SC4=CCCc5cccc-6c54)n3)c2)c#1. The van der Waals surface area contributed by atoms with Crippen LogP contribution in [-0.4, -0.2) is 19.5 Å². The minimum absolute atomic E-state index is 0.560. The molecule has 0 amide bonds. The van der Waals surface area contributed by atoms with Gasteiger partial charge < -0.3 is 0 Å². The quantitative estimate of drug-likeness (QED) is 0.160. The van der Waals surface area contributed by atoms with Crippen molar-refractivity contribution in [2.45, 2.75) is 17.7 Å². The van der Waals surface area contributed by atoms with Crippen LogP contribution >= 0.6 is 11.8 Å². The van der Waals surface area contributed by atoms with E-state index in [0.717, 1.165) is 90.3 Å². The highest BCUT2D eigenvalue weighted by Gasteiger charge is 2.30. The lowest BCUT2D eigenvalue weighted by atomic mass is 9.89. The Bertz CT molecular complexity index is 3450. The zero-order valence-corrected chi connectivity index (χ0v) is 36.6. The smallest absolute Gasteiger partial charge is 0.238 e. The molecule has 0 bridgehead atoms. The summed E-state index contributed by atoms with van der Waals surface area (Å²) in [6.07, 6.45) is 4.52. The Morgan fingerprint density at radius 2 is 1.08 bits per heavy atom. The van der Waals surface area contributed by atoms with Crippen LogP contribution in [0.15, 0.2) is 211 Å². The number of hydrogen-bond donors (Lipinski definition) is 0. The number of allylic oxidation sites excluding steroid dienone is 1. The van der Waals surface area contributed by atoms with Gasteiger partial charge >= 0.3 is 0 Å². The maximum Gasteiger partial charge on any atom is 0.238 e. The molecule has 9 aromatic carbocycles. The largest absolute Gasteiger partial charge is 0.277 e. The summed E-state index contributed by atoms with van der Waals surface area (Å²) in [6, 6.07) is 77.5. The van der Waals surface area contributed by atoms with Crippen LogP contribution in [0.3, 0.4) is 0 Å². The fourth-order valence-corrected chi connectivity index (χ4v) is 11.2. The first-order chi connectivity index (χ1) is 32.7. The number of hydrogen-bond acceptors (Lipinski definition) is 4. The number of para-hydroxylation sites is 1. The third-order valence-corrected chi connectivity index (χ3v) is 14.1. The Labute approximate surface area is 387 Å². The maximum atomic E-state index is 5.57. The summed E-state index contributed by atoms with van der Waals surface area (Å²) in [5, 5.41) is 2.32. The molecular weight excluding hydrogens is 821 g/mol. The molecule has 3 heterocycles. The fraction of sp³-hybridized carbons (Fsp3) is 0.0328. The van der Waals surface area contributed by atoms with E-state index in [1.165, 1.54) is 32.1 Å². The van der Waals surface area contributed by atoms with E-state index >= 15 is 0 Å². The average Bonchev–Trinajstić information content (AvgIpc) is 3.74. The lowest BCUT2D eigenvalue weighted by molar-refractivity contribution is 0.948. The number of aromatic nitrogens is 4. The van der Waals surface area contributed by atoms with E-state index in [1.807, 2.05) is 23.9 Å². The van der Waals surface area contributed by atoms with Crippen molar-refractivity contribution in [1.29, 1.82) is 0 Å². The predicted molar refractivity (Wildman–Crippen MR) is 272 cm³/mol. The van der Waals surface area contributed by atoms with Gasteiger partial charge in [0.05, 0.1) is 11.0 Å². The van der Waals surface area contributed by atoms with Gasteiger partial charge in [-0.05, 0) is 129 Å². The normalized spacial score (nSPS) is 12.6. The summed E-state index contributed by atoms with van der Waals surface area (Å²) in [5.41, 5.74) is 17.8. The van der Waals surface area contributed by atoms with Gasteiger partial charge in [-0.2, -0.15) is 9.97 Å². The fourth-order valence-electron chi connectivity index (χ4n) is 9.84. The Balaban J connectivity index is 1.12. The second-order valence-electron chi connectivity index (χ2n) is 16.9. The van der Waals surface area contributed by atoms with Gasteiger partial charge in [-0.15, -0.1) is 0 Å². The van der Waals surface area contributed by atoms with Gasteiger partial charge in [-0.3, -0.25) is 4.57 Å². The molecule has 1 aliphatic carbocycles. The Hall–Kier alpha value is -8.30. The van der Waals surface area contributed by atoms with Crippen molar-refractivity contribution in [2.24, 2.45) is 0 Å². The lowest BCUT2D eigenvalue weighted by Gasteiger charge is -2.28. The van der Waals surface area contributed by atoms with Crippen molar-refractivity contribution in [2.75, 3.05) is 0 Å². The first-order valence-corrected chi connectivity index (χ1v) is 23.2. The molecule has 0 saturated carbocycles. The second kappa shape index (κ2) is 15.7.